The Balaban J connectivity index is 0.000000416. The lowest BCUT2D eigenvalue weighted by atomic mass is 10.1. The van der Waals surface area contributed by atoms with Gasteiger partial charge in [-0.3, -0.25) is 10.1 Å². The number of carbonyl (C=O) groups is 3. The van der Waals surface area contributed by atoms with Gasteiger partial charge in [0, 0.05) is 43.1 Å². The maximum atomic E-state index is 12.9. The third-order valence-corrected chi connectivity index (χ3v) is 20.2. The molecule has 1 aromatic carbocycles. The predicted octanol–water partition coefficient (Wildman–Crippen LogP) is 9.76. The van der Waals surface area contributed by atoms with Crippen LogP contribution in [0, 0.1) is 10.1 Å². The fourth-order valence-electron chi connectivity index (χ4n) is 6.11. The van der Waals surface area contributed by atoms with Crippen molar-refractivity contribution in [2.45, 2.75) is 187 Å². The third kappa shape index (κ3) is 17.2. The van der Waals surface area contributed by atoms with Crippen LogP contribution in [0.1, 0.15) is 114 Å². The first kappa shape index (κ1) is 50.9. The van der Waals surface area contributed by atoms with E-state index in [0.29, 0.717) is 38.9 Å². The minimum Gasteiger partial charge on any atom is -0.445 e. The Morgan fingerprint density at radius 2 is 1.14 bits per heavy atom. The molecule has 0 saturated carbocycles. The summed E-state index contributed by atoms with van der Waals surface area (Å²) in [7, 11) is -3.94. The molecular formula is C42H76N4O10Si2. The summed E-state index contributed by atoms with van der Waals surface area (Å²) in [6, 6.07) is 9.28. The second-order valence-electron chi connectivity index (χ2n) is 20.7. The van der Waals surface area contributed by atoms with Crippen molar-refractivity contribution in [2.75, 3.05) is 26.2 Å². The minimum atomic E-state index is -1.97. The summed E-state index contributed by atoms with van der Waals surface area (Å²) in [4.78, 5) is 51.3. The van der Waals surface area contributed by atoms with Gasteiger partial charge in [0.05, 0.1) is 12.2 Å². The van der Waals surface area contributed by atoms with Crippen molar-refractivity contribution in [3.63, 3.8) is 0 Å². The zero-order valence-electron chi connectivity index (χ0n) is 38.5. The number of hydrogen-bond donors (Lipinski definition) is 1. The fourth-order valence-corrected chi connectivity index (χ4v) is 8.83. The molecule has 332 valence electrons. The summed E-state index contributed by atoms with van der Waals surface area (Å²) >= 11 is 0. The Hall–Kier alpha value is -3.22. The van der Waals surface area contributed by atoms with E-state index in [4.69, 9.17) is 23.1 Å². The number of hydrogen-bond acceptors (Lipinski definition) is 10. The molecule has 0 bridgehead atoms. The van der Waals surface area contributed by atoms with E-state index < -0.39 is 40.0 Å². The van der Waals surface area contributed by atoms with Crippen LogP contribution in [-0.2, 0) is 29.7 Å². The number of nitrogens with zero attached hydrogens (tertiary/aromatic N) is 3. The molecule has 1 N–H and O–H groups in total. The number of carbonyl (C=O) groups excluding carboxylic acids is 3. The molecule has 2 aliphatic rings. The van der Waals surface area contributed by atoms with Crippen LogP contribution in [0.4, 0.5) is 14.4 Å². The van der Waals surface area contributed by atoms with Crippen molar-refractivity contribution in [3.05, 3.63) is 46.0 Å². The van der Waals surface area contributed by atoms with Crippen LogP contribution < -0.4 is 5.32 Å². The highest BCUT2D eigenvalue weighted by Gasteiger charge is 2.46. The average molecular weight is 853 g/mol. The molecule has 2 fully saturated rings. The van der Waals surface area contributed by atoms with Crippen molar-refractivity contribution in [1.82, 2.24) is 15.1 Å². The molecule has 58 heavy (non-hydrogen) atoms. The maximum absolute atomic E-state index is 12.9. The summed E-state index contributed by atoms with van der Waals surface area (Å²) in [6.45, 7) is 34.4. The van der Waals surface area contributed by atoms with Gasteiger partial charge in [-0.1, -0.05) is 71.9 Å². The summed E-state index contributed by atoms with van der Waals surface area (Å²) in [5, 5.41) is 13.7. The van der Waals surface area contributed by atoms with Crippen LogP contribution in [0.25, 0.3) is 0 Å². The van der Waals surface area contributed by atoms with Gasteiger partial charge in [-0.25, -0.2) is 14.4 Å². The van der Waals surface area contributed by atoms with Crippen LogP contribution in [0.2, 0.25) is 36.3 Å². The second-order valence-corrected chi connectivity index (χ2v) is 30.2. The smallest absolute Gasteiger partial charge is 0.410 e. The van der Waals surface area contributed by atoms with Gasteiger partial charge in [-0.05, 0) is 103 Å². The molecular weight excluding hydrogens is 777 g/mol. The molecule has 2 heterocycles. The Morgan fingerprint density at radius 1 is 0.724 bits per heavy atom. The van der Waals surface area contributed by atoms with E-state index >= 15 is 0 Å². The molecule has 0 radical (unpaired) electrons. The minimum absolute atomic E-state index is 0.0338. The number of nitro groups is 1. The van der Waals surface area contributed by atoms with Gasteiger partial charge in [0.2, 0.25) is 6.54 Å². The molecule has 3 amide bonds. The first-order chi connectivity index (χ1) is 26.3. The van der Waals surface area contributed by atoms with Crippen LogP contribution in [0.5, 0.6) is 0 Å². The number of rotatable bonds is 12. The molecule has 0 aliphatic carbocycles. The van der Waals surface area contributed by atoms with Gasteiger partial charge in [0.25, 0.3) is 0 Å². The van der Waals surface area contributed by atoms with Gasteiger partial charge in [0.1, 0.15) is 17.8 Å². The number of alkyl carbamates (subject to hydrolysis) is 1. The van der Waals surface area contributed by atoms with Gasteiger partial charge >= 0.3 is 18.3 Å². The Kier molecular flexibility index (Phi) is 17.9. The molecule has 0 unspecified atom stereocenters. The van der Waals surface area contributed by atoms with Crippen LogP contribution >= 0.6 is 0 Å². The van der Waals surface area contributed by atoms with E-state index in [9.17, 15) is 24.5 Å². The predicted molar refractivity (Wildman–Crippen MR) is 233 cm³/mol. The molecule has 4 atom stereocenters. The maximum Gasteiger partial charge on any atom is 0.410 e. The molecule has 2 saturated heterocycles. The zero-order chi connectivity index (χ0) is 44.5. The van der Waals surface area contributed by atoms with Crippen LogP contribution in [-0.4, -0.2) is 111 Å². The number of nitrogens with one attached hydrogen (secondary N) is 1. The molecule has 0 aromatic heterocycles. The number of amides is 3. The van der Waals surface area contributed by atoms with E-state index in [1.54, 1.807) is 9.80 Å². The van der Waals surface area contributed by atoms with Gasteiger partial charge < -0.3 is 38.2 Å². The van der Waals surface area contributed by atoms with E-state index in [0.717, 1.165) is 12.0 Å². The highest BCUT2D eigenvalue weighted by atomic mass is 28.4. The summed E-state index contributed by atoms with van der Waals surface area (Å²) in [5.41, 5.74) is -0.229. The van der Waals surface area contributed by atoms with Gasteiger partial charge in [-0.15, -0.1) is 0 Å². The number of benzene rings is 1. The molecule has 1 aromatic rings. The highest BCUT2D eigenvalue weighted by Crippen LogP contribution is 2.40. The molecule has 16 heteroatoms. The van der Waals surface area contributed by atoms with E-state index in [1.807, 2.05) is 71.9 Å². The van der Waals surface area contributed by atoms with Crippen molar-refractivity contribution in [1.29, 1.82) is 0 Å². The Labute approximate surface area is 350 Å². The quantitative estimate of drug-likeness (QED) is 0.0929. The summed E-state index contributed by atoms with van der Waals surface area (Å²) in [5.74, 6) is 0. The molecule has 14 nitrogen and oxygen atoms in total. The number of ether oxygens (including phenoxy) is 3. The Bertz CT molecular complexity index is 1500. The normalized spacial score (nSPS) is 20.6. The lowest BCUT2D eigenvalue weighted by Crippen LogP contribution is -2.45. The second kappa shape index (κ2) is 20.4. The van der Waals surface area contributed by atoms with Gasteiger partial charge in [-0.2, -0.15) is 0 Å². The fraction of sp³-hybridized carbons (Fsp3) is 0.786. The lowest BCUT2D eigenvalue weighted by Gasteiger charge is -2.38. The number of likely N-dealkylation sites (tertiary alicyclic amines) is 2. The van der Waals surface area contributed by atoms with Crippen molar-refractivity contribution in [2.24, 2.45) is 0 Å². The van der Waals surface area contributed by atoms with E-state index in [-0.39, 0.29) is 58.5 Å². The molecule has 0 spiro atoms. The molecule has 2 aliphatic heterocycles. The van der Waals surface area contributed by atoms with E-state index in [2.05, 4.69) is 73.0 Å². The van der Waals surface area contributed by atoms with Crippen LogP contribution in [0.3, 0.4) is 0 Å². The van der Waals surface area contributed by atoms with Crippen molar-refractivity contribution in [3.8, 4) is 0 Å². The first-order valence-corrected chi connectivity index (χ1v) is 26.5. The SMILES string of the molecule is CC(C)(C)OC(=O)N1C[C@H](O[Si](C)(C)C(C)(C)C)C[C@H]1CCNC(=O)OCc1ccccc1.CC(C)(C)OC(=O)N1C[C@H](O[Si](C)(C)C(C)(C)C)C[C@H]1CC[N+](=O)[O-]. The standard InChI is InChI=1S/C25H42N2O5Si.C17H34N2O5Si/c1-24(2,3)31-23(29)27-17-21(32-33(7,8)25(4,5)6)16-20(27)14-15-26-22(28)30-18-19-12-10-9-11-13-19;1-16(2,3)23-15(20)18-12-14(11-13(18)9-10-19(21)22)24-25(7,8)17(4,5)6/h9-13,20-21H,14-18H2,1-8H3,(H,26,28);13-14H,9-12H2,1-8H3/t20-,21-;13-,14-/m11/s1. The molecule has 3 rings (SSSR count). The monoisotopic (exact) mass is 853 g/mol. The lowest BCUT2D eigenvalue weighted by molar-refractivity contribution is -0.481. The average Bonchev–Trinajstić information content (AvgIpc) is 3.64. The van der Waals surface area contributed by atoms with Gasteiger partial charge in [0.15, 0.2) is 16.6 Å². The van der Waals surface area contributed by atoms with Crippen molar-refractivity contribution >= 4 is 34.9 Å². The van der Waals surface area contributed by atoms with Crippen LogP contribution in [0.15, 0.2) is 30.3 Å². The van der Waals surface area contributed by atoms with E-state index in [1.165, 1.54) is 0 Å². The highest BCUT2D eigenvalue weighted by molar-refractivity contribution is 6.74. The first-order valence-electron chi connectivity index (χ1n) is 20.7. The largest absolute Gasteiger partial charge is 0.445 e. The summed E-state index contributed by atoms with van der Waals surface area (Å²) < 4.78 is 29.4. The topological polar surface area (TPSA) is 159 Å². The third-order valence-electron chi connectivity index (χ3n) is 11.1. The van der Waals surface area contributed by atoms with Crippen molar-refractivity contribution < 1.29 is 42.4 Å². The summed E-state index contributed by atoms with van der Waals surface area (Å²) in [6.07, 6.45) is 0.947. The zero-order valence-corrected chi connectivity index (χ0v) is 40.5. The Morgan fingerprint density at radius 3 is 1.52 bits per heavy atom.